The van der Waals surface area contributed by atoms with Crippen LogP contribution in [0.15, 0.2) is 30.3 Å². The Morgan fingerprint density at radius 3 is 2.95 bits per heavy atom. The first kappa shape index (κ1) is 14.3. The van der Waals surface area contributed by atoms with Gasteiger partial charge in [0, 0.05) is 23.7 Å². The number of nitrogens with two attached hydrogens (primary N) is 1. The summed E-state index contributed by atoms with van der Waals surface area (Å²) in [6, 6.07) is 9.04. The minimum atomic E-state index is -0.243. The molecule has 1 aromatic carbocycles. The molecule has 0 aliphatic carbocycles. The van der Waals surface area contributed by atoms with Crippen LogP contribution in [-0.4, -0.2) is 28.6 Å². The van der Waals surface area contributed by atoms with Crippen LogP contribution < -0.4 is 11.1 Å². The lowest BCUT2D eigenvalue weighted by molar-refractivity contribution is 0.0932. The van der Waals surface area contributed by atoms with Crippen LogP contribution in [-0.2, 0) is 0 Å². The predicted octanol–water partition coefficient (Wildman–Crippen LogP) is 1.71. The maximum atomic E-state index is 12.1. The summed E-state index contributed by atoms with van der Waals surface area (Å²) in [6.07, 6.45) is 1.39. The molecule has 1 amide bonds. The number of pyridine rings is 1. The fourth-order valence-corrected chi connectivity index (χ4v) is 2.09. The first-order valence-electron chi connectivity index (χ1n) is 6.69. The molecule has 2 rings (SSSR count). The number of aromatic nitrogens is 1. The first-order chi connectivity index (χ1) is 9.61. The molecule has 5 heteroatoms. The van der Waals surface area contributed by atoms with Crippen molar-refractivity contribution in [1.29, 1.82) is 0 Å². The van der Waals surface area contributed by atoms with Gasteiger partial charge in [0.1, 0.15) is 5.69 Å². The second-order valence-electron chi connectivity index (χ2n) is 4.85. The van der Waals surface area contributed by atoms with Crippen LogP contribution in [0.4, 0.5) is 5.69 Å². The van der Waals surface area contributed by atoms with Gasteiger partial charge in [-0.25, -0.2) is 4.98 Å². The molecular weight excluding hydrogens is 254 g/mol. The van der Waals surface area contributed by atoms with Crippen LogP contribution in [0.3, 0.4) is 0 Å². The summed E-state index contributed by atoms with van der Waals surface area (Å²) in [6.45, 7) is 2.03. The number of benzene rings is 1. The Morgan fingerprint density at radius 1 is 1.45 bits per heavy atom. The maximum absolute atomic E-state index is 12.1. The fraction of sp³-hybridized carbons (Fsp3) is 0.333. The van der Waals surface area contributed by atoms with Gasteiger partial charge in [-0.3, -0.25) is 4.79 Å². The zero-order chi connectivity index (χ0) is 14.5. The van der Waals surface area contributed by atoms with E-state index in [1.807, 2.05) is 31.2 Å². The van der Waals surface area contributed by atoms with Gasteiger partial charge >= 0.3 is 0 Å². The molecule has 2 aromatic rings. The number of aliphatic hydroxyl groups is 1. The highest BCUT2D eigenvalue weighted by molar-refractivity contribution is 5.99. The highest BCUT2D eigenvalue weighted by Gasteiger charge is 2.13. The van der Waals surface area contributed by atoms with Crippen molar-refractivity contribution in [2.24, 2.45) is 0 Å². The third-order valence-electron chi connectivity index (χ3n) is 3.15. The molecule has 0 spiro atoms. The minimum absolute atomic E-state index is 0.0101. The number of para-hydroxylation sites is 1. The summed E-state index contributed by atoms with van der Waals surface area (Å²) >= 11 is 0. The van der Waals surface area contributed by atoms with Crippen molar-refractivity contribution in [2.45, 2.75) is 25.8 Å². The van der Waals surface area contributed by atoms with Crippen molar-refractivity contribution in [3.05, 3.63) is 36.0 Å². The molecule has 0 aliphatic heterocycles. The van der Waals surface area contributed by atoms with Crippen molar-refractivity contribution >= 4 is 22.5 Å². The van der Waals surface area contributed by atoms with Gasteiger partial charge in [-0.15, -0.1) is 0 Å². The number of amides is 1. The number of nitrogens with one attached hydrogen (secondary N) is 1. The van der Waals surface area contributed by atoms with Crippen molar-refractivity contribution in [3.63, 3.8) is 0 Å². The zero-order valence-corrected chi connectivity index (χ0v) is 11.5. The van der Waals surface area contributed by atoms with Crippen LogP contribution in [0.25, 0.3) is 10.9 Å². The Bertz CT molecular complexity index is 613. The van der Waals surface area contributed by atoms with Gasteiger partial charge in [0.05, 0.1) is 5.52 Å². The van der Waals surface area contributed by atoms with Crippen molar-refractivity contribution in [3.8, 4) is 0 Å². The van der Waals surface area contributed by atoms with E-state index < -0.39 is 0 Å². The molecule has 1 atom stereocenters. The van der Waals surface area contributed by atoms with Gasteiger partial charge in [-0.2, -0.15) is 0 Å². The van der Waals surface area contributed by atoms with Crippen LogP contribution in [0.5, 0.6) is 0 Å². The lowest BCUT2D eigenvalue weighted by atomic mass is 10.1. The van der Waals surface area contributed by atoms with E-state index in [2.05, 4.69) is 10.3 Å². The molecule has 0 saturated heterocycles. The molecule has 0 bridgehead atoms. The van der Waals surface area contributed by atoms with E-state index in [1.165, 1.54) is 0 Å². The standard InChI is InChI=1S/C15H19N3O2/c1-10(5-4-8-19)17-15(20)14-9-12(16)11-6-2-3-7-13(11)18-14/h2-3,6-7,9-10,19H,4-5,8H2,1H3,(H2,16,18)(H,17,20). The van der Waals surface area contributed by atoms with Gasteiger partial charge in [0.2, 0.25) is 0 Å². The highest BCUT2D eigenvalue weighted by Crippen LogP contribution is 2.20. The smallest absolute Gasteiger partial charge is 0.270 e. The Labute approximate surface area is 117 Å². The lowest BCUT2D eigenvalue weighted by Crippen LogP contribution is -2.33. The number of nitrogen functional groups attached to an aromatic ring is 1. The summed E-state index contributed by atoms with van der Waals surface area (Å²) in [7, 11) is 0. The van der Waals surface area contributed by atoms with E-state index in [0.717, 1.165) is 11.8 Å². The fourth-order valence-electron chi connectivity index (χ4n) is 2.09. The number of rotatable bonds is 5. The summed E-state index contributed by atoms with van der Waals surface area (Å²) < 4.78 is 0. The Hall–Kier alpha value is -2.14. The number of carbonyl (C=O) groups is 1. The molecule has 0 fully saturated rings. The monoisotopic (exact) mass is 273 g/mol. The number of hydrogen-bond donors (Lipinski definition) is 3. The Kier molecular flexibility index (Phi) is 4.53. The number of anilines is 1. The summed E-state index contributed by atoms with van der Waals surface area (Å²) in [5.41, 5.74) is 7.52. The minimum Gasteiger partial charge on any atom is -0.398 e. The number of carbonyl (C=O) groups excluding carboxylic acids is 1. The molecule has 1 unspecified atom stereocenters. The molecule has 0 aliphatic rings. The molecule has 1 heterocycles. The van der Waals surface area contributed by atoms with Gasteiger partial charge in [0.25, 0.3) is 5.91 Å². The number of nitrogens with zero attached hydrogens (tertiary/aromatic N) is 1. The van der Waals surface area contributed by atoms with E-state index in [9.17, 15) is 4.79 Å². The molecule has 4 N–H and O–H groups in total. The Balaban J connectivity index is 2.18. The highest BCUT2D eigenvalue weighted by atomic mass is 16.3. The quantitative estimate of drug-likeness (QED) is 0.773. The summed E-state index contributed by atoms with van der Waals surface area (Å²) in [5.74, 6) is -0.243. The van der Waals surface area contributed by atoms with Gasteiger partial charge in [-0.05, 0) is 31.9 Å². The summed E-state index contributed by atoms with van der Waals surface area (Å²) in [4.78, 5) is 16.5. The molecular formula is C15H19N3O2. The number of fused-ring (bicyclic) bond motifs is 1. The van der Waals surface area contributed by atoms with Crippen molar-refractivity contribution in [2.75, 3.05) is 12.3 Å². The second-order valence-corrected chi connectivity index (χ2v) is 4.85. The van der Waals surface area contributed by atoms with Crippen molar-refractivity contribution < 1.29 is 9.90 Å². The van der Waals surface area contributed by atoms with E-state index in [0.29, 0.717) is 23.3 Å². The molecule has 5 nitrogen and oxygen atoms in total. The Morgan fingerprint density at radius 2 is 2.20 bits per heavy atom. The van der Waals surface area contributed by atoms with E-state index in [4.69, 9.17) is 10.8 Å². The molecule has 0 radical (unpaired) electrons. The van der Waals surface area contributed by atoms with Gasteiger partial charge < -0.3 is 16.2 Å². The molecule has 106 valence electrons. The van der Waals surface area contributed by atoms with E-state index in [1.54, 1.807) is 6.07 Å². The van der Waals surface area contributed by atoms with Crippen LogP contribution in [0.1, 0.15) is 30.3 Å². The molecule has 0 saturated carbocycles. The number of aliphatic hydroxyl groups excluding tert-OH is 1. The van der Waals surface area contributed by atoms with Crippen LogP contribution >= 0.6 is 0 Å². The zero-order valence-electron chi connectivity index (χ0n) is 11.5. The predicted molar refractivity (Wildman–Crippen MR) is 79.4 cm³/mol. The average Bonchev–Trinajstić information content (AvgIpc) is 2.45. The normalized spacial score (nSPS) is 12.3. The average molecular weight is 273 g/mol. The maximum Gasteiger partial charge on any atom is 0.270 e. The third kappa shape index (κ3) is 3.24. The molecule has 20 heavy (non-hydrogen) atoms. The topological polar surface area (TPSA) is 88.2 Å². The second kappa shape index (κ2) is 6.34. The SMILES string of the molecule is CC(CCCO)NC(=O)c1cc(N)c2ccccc2n1. The van der Waals surface area contributed by atoms with Gasteiger partial charge in [0.15, 0.2) is 0 Å². The molecule has 1 aromatic heterocycles. The summed E-state index contributed by atoms with van der Waals surface area (Å²) in [5, 5.41) is 12.5. The lowest BCUT2D eigenvalue weighted by Gasteiger charge is -2.13. The van der Waals surface area contributed by atoms with Crippen molar-refractivity contribution in [1.82, 2.24) is 10.3 Å². The van der Waals surface area contributed by atoms with Gasteiger partial charge in [-0.1, -0.05) is 18.2 Å². The first-order valence-corrected chi connectivity index (χ1v) is 6.69. The van der Waals surface area contributed by atoms with Crippen LogP contribution in [0.2, 0.25) is 0 Å². The third-order valence-corrected chi connectivity index (χ3v) is 3.15. The van der Waals surface area contributed by atoms with E-state index in [-0.39, 0.29) is 18.6 Å². The van der Waals surface area contributed by atoms with Crippen LogP contribution in [0, 0.1) is 0 Å². The van der Waals surface area contributed by atoms with E-state index >= 15 is 0 Å². The largest absolute Gasteiger partial charge is 0.398 e. The number of hydrogen-bond acceptors (Lipinski definition) is 4.